The first-order chi connectivity index (χ1) is 7.84. The summed E-state index contributed by atoms with van der Waals surface area (Å²) in [7, 11) is 0. The van der Waals surface area contributed by atoms with Crippen LogP contribution in [0.2, 0.25) is 5.15 Å². The first-order valence-corrected chi connectivity index (χ1v) is 6.18. The molecule has 0 saturated heterocycles. The number of aromatic nitrogens is 1. The molecular weight excluding hydrogens is 220 g/mol. The molecule has 0 bridgehead atoms. The second-order valence-electron chi connectivity index (χ2n) is 4.27. The number of allylic oxidation sites excluding steroid dienone is 2. The molecule has 0 radical (unpaired) electrons. The Morgan fingerprint density at radius 1 is 1.38 bits per heavy atom. The summed E-state index contributed by atoms with van der Waals surface area (Å²) < 4.78 is 0. The largest absolute Gasteiger partial charge is 0.312 e. The maximum absolute atomic E-state index is 5.73. The zero-order valence-electron chi connectivity index (χ0n) is 9.32. The van der Waals surface area contributed by atoms with Crippen molar-refractivity contribution in [3.63, 3.8) is 0 Å². The zero-order valence-corrected chi connectivity index (χ0v) is 10.1. The van der Waals surface area contributed by atoms with Gasteiger partial charge in [0.25, 0.3) is 0 Å². The van der Waals surface area contributed by atoms with Gasteiger partial charge >= 0.3 is 0 Å². The van der Waals surface area contributed by atoms with E-state index in [0.29, 0.717) is 5.15 Å². The Morgan fingerprint density at radius 2 is 2.31 bits per heavy atom. The van der Waals surface area contributed by atoms with Gasteiger partial charge in [-0.25, -0.2) is 4.98 Å². The number of rotatable bonds is 4. The molecule has 0 spiro atoms. The zero-order chi connectivity index (χ0) is 11.2. The van der Waals surface area contributed by atoms with Gasteiger partial charge in [-0.1, -0.05) is 29.8 Å². The molecule has 1 unspecified atom stereocenters. The molecule has 1 atom stereocenters. The second-order valence-corrected chi connectivity index (χ2v) is 4.66. The van der Waals surface area contributed by atoms with Crippen LogP contribution in [0, 0.1) is 5.92 Å². The molecule has 0 aromatic carbocycles. The number of nitrogens with one attached hydrogen (secondary N) is 1. The van der Waals surface area contributed by atoms with Crippen molar-refractivity contribution in [2.24, 2.45) is 5.92 Å². The van der Waals surface area contributed by atoms with Crippen LogP contribution in [0.5, 0.6) is 0 Å². The predicted octanol–water partition coefficient (Wildman–Crippen LogP) is 3.18. The summed E-state index contributed by atoms with van der Waals surface area (Å²) in [5, 5.41) is 4.03. The second kappa shape index (κ2) is 6.02. The van der Waals surface area contributed by atoms with Gasteiger partial charge in [-0.2, -0.15) is 0 Å². The lowest BCUT2D eigenvalue weighted by Crippen LogP contribution is -2.23. The van der Waals surface area contributed by atoms with Crippen LogP contribution < -0.4 is 5.32 Å². The minimum Gasteiger partial charge on any atom is -0.312 e. The smallest absolute Gasteiger partial charge is 0.129 e. The van der Waals surface area contributed by atoms with Gasteiger partial charge in [-0.15, -0.1) is 0 Å². The normalized spacial score (nSPS) is 19.9. The molecule has 0 amide bonds. The minimum atomic E-state index is 0.557. The Morgan fingerprint density at radius 3 is 3.00 bits per heavy atom. The molecule has 0 fully saturated rings. The van der Waals surface area contributed by atoms with Crippen LogP contribution in [0.3, 0.4) is 0 Å². The molecule has 3 heteroatoms. The molecule has 1 aromatic rings. The molecule has 1 N–H and O–H groups in total. The van der Waals surface area contributed by atoms with E-state index in [1.165, 1.54) is 24.8 Å². The molecule has 1 heterocycles. The SMILES string of the molecule is Clc1ccc(CNCC2CC=CCC2)cn1. The van der Waals surface area contributed by atoms with Crippen LogP contribution >= 0.6 is 11.6 Å². The monoisotopic (exact) mass is 236 g/mol. The third kappa shape index (κ3) is 3.62. The number of hydrogen-bond acceptors (Lipinski definition) is 2. The van der Waals surface area contributed by atoms with Crippen molar-refractivity contribution in [3.8, 4) is 0 Å². The lowest BCUT2D eigenvalue weighted by molar-refractivity contribution is 0.440. The molecule has 16 heavy (non-hydrogen) atoms. The highest BCUT2D eigenvalue weighted by atomic mass is 35.5. The highest BCUT2D eigenvalue weighted by Gasteiger charge is 2.08. The van der Waals surface area contributed by atoms with Gasteiger partial charge < -0.3 is 5.32 Å². The molecule has 2 rings (SSSR count). The molecule has 0 aliphatic heterocycles. The van der Waals surface area contributed by atoms with E-state index in [4.69, 9.17) is 11.6 Å². The van der Waals surface area contributed by atoms with Gasteiger partial charge in [-0.3, -0.25) is 0 Å². The minimum absolute atomic E-state index is 0.557. The Balaban J connectivity index is 1.71. The molecule has 1 aromatic heterocycles. The Hall–Kier alpha value is -0.860. The molecule has 86 valence electrons. The van der Waals surface area contributed by atoms with Crippen LogP contribution in [0.4, 0.5) is 0 Å². The molecular formula is C13H17ClN2. The summed E-state index contributed by atoms with van der Waals surface area (Å²) in [4.78, 5) is 4.06. The number of hydrogen-bond donors (Lipinski definition) is 1. The van der Waals surface area contributed by atoms with Crippen LogP contribution in [-0.2, 0) is 6.54 Å². The third-order valence-corrected chi connectivity index (χ3v) is 3.15. The van der Waals surface area contributed by atoms with E-state index < -0.39 is 0 Å². The van der Waals surface area contributed by atoms with Crippen molar-refractivity contribution in [3.05, 3.63) is 41.2 Å². The standard InChI is InChI=1S/C13H17ClN2/c14-13-7-6-12(10-16-13)9-15-8-11-4-2-1-3-5-11/h1-2,6-7,10-11,15H,3-5,8-9H2. The van der Waals surface area contributed by atoms with Gasteiger partial charge in [0.2, 0.25) is 0 Å². The summed E-state index contributed by atoms with van der Waals surface area (Å²) in [5.74, 6) is 0.797. The summed E-state index contributed by atoms with van der Waals surface area (Å²) in [5.41, 5.74) is 1.19. The van der Waals surface area contributed by atoms with E-state index in [-0.39, 0.29) is 0 Å². The average molecular weight is 237 g/mol. The molecule has 1 aliphatic carbocycles. The van der Waals surface area contributed by atoms with Crippen molar-refractivity contribution >= 4 is 11.6 Å². The summed E-state index contributed by atoms with van der Waals surface area (Å²) in [6.45, 7) is 1.97. The molecule has 1 aliphatic rings. The van der Waals surface area contributed by atoms with Crippen molar-refractivity contribution in [1.29, 1.82) is 0 Å². The van der Waals surface area contributed by atoms with Crippen LogP contribution in [0.25, 0.3) is 0 Å². The van der Waals surface area contributed by atoms with E-state index in [1.54, 1.807) is 0 Å². The van der Waals surface area contributed by atoms with E-state index in [1.807, 2.05) is 18.3 Å². The van der Waals surface area contributed by atoms with Crippen molar-refractivity contribution in [1.82, 2.24) is 10.3 Å². The fourth-order valence-corrected chi connectivity index (χ4v) is 2.09. The van der Waals surface area contributed by atoms with Crippen LogP contribution in [-0.4, -0.2) is 11.5 Å². The van der Waals surface area contributed by atoms with E-state index >= 15 is 0 Å². The lowest BCUT2D eigenvalue weighted by Gasteiger charge is -2.18. The molecule has 0 saturated carbocycles. The van der Waals surface area contributed by atoms with Crippen LogP contribution in [0.15, 0.2) is 30.5 Å². The van der Waals surface area contributed by atoms with E-state index in [9.17, 15) is 0 Å². The van der Waals surface area contributed by atoms with E-state index in [0.717, 1.165) is 19.0 Å². The third-order valence-electron chi connectivity index (χ3n) is 2.93. The maximum Gasteiger partial charge on any atom is 0.129 e. The average Bonchev–Trinajstić information content (AvgIpc) is 2.33. The number of halogens is 1. The lowest BCUT2D eigenvalue weighted by atomic mass is 9.94. The fraction of sp³-hybridized carbons (Fsp3) is 0.462. The Labute approximate surface area is 102 Å². The predicted molar refractivity (Wildman–Crippen MR) is 67.4 cm³/mol. The van der Waals surface area contributed by atoms with Crippen molar-refractivity contribution in [2.45, 2.75) is 25.8 Å². The summed E-state index contributed by atoms with van der Waals surface area (Å²) >= 11 is 5.73. The van der Waals surface area contributed by atoms with Gasteiger partial charge in [-0.05, 0) is 43.4 Å². The van der Waals surface area contributed by atoms with Crippen molar-refractivity contribution < 1.29 is 0 Å². The molecule has 2 nitrogen and oxygen atoms in total. The summed E-state index contributed by atoms with van der Waals surface area (Å²) in [6.07, 6.45) is 10.2. The number of nitrogens with zero attached hydrogens (tertiary/aromatic N) is 1. The quantitative estimate of drug-likeness (QED) is 0.642. The van der Waals surface area contributed by atoms with Crippen molar-refractivity contribution in [2.75, 3.05) is 6.54 Å². The summed E-state index contributed by atoms with van der Waals surface area (Å²) in [6, 6.07) is 3.85. The first-order valence-electron chi connectivity index (χ1n) is 5.81. The highest BCUT2D eigenvalue weighted by Crippen LogP contribution is 2.17. The van der Waals surface area contributed by atoms with Gasteiger partial charge in [0.05, 0.1) is 0 Å². The van der Waals surface area contributed by atoms with Gasteiger partial charge in [0.1, 0.15) is 5.15 Å². The Bertz CT molecular complexity index is 345. The topological polar surface area (TPSA) is 24.9 Å². The van der Waals surface area contributed by atoms with E-state index in [2.05, 4.69) is 22.5 Å². The van der Waals surface area contributed by atoms with Gasteiger partial charge in [0, 0.05) is 12.7 Å². The Kier molecular flexibility index (Phi) is 4.37. The first kappa shape index (κ1) is 11.6. The van der Waals surface area contributed by atoms with Gasteiger partial charge in [0.15, 0.2) is 0 Å². The maximum atomic E-state index is 5.73. The van der Waals surface area contributed by atoms with Crippen LogP contribution in [0.1, 0.15) is 24.8 Å². The highest BCUT2D eigenvalue weighted by molar-refractivity contribution is 6.29. The number of pyridine rings is 1. The fourth-order valence-electron chi connectivity index (χ4n) is 1.97.